The number of carbonyl (C=O) groups is 1. The van der Waals surface area contributed by atoms with Gasteiger partial charge in [0.25, 0.3) is 0 Å². The van der Waals surface area contributed by atoms with E-state index < -0.39 is 5.54 Å². The van der Waals surface area contributed by atoms with Crippen LogP contribution in [0.1, 0.15) is 32.6 Å². The first kappa shape index (κ1) is 14.9. The van der Waals surface area contributed by atoms with E-state index in [0.717, 1.165) is 18.5 Å². The minimum absolute atomic E-state index is 0.115. The predicted molar refractivity (Wildman–Crippen MR) is 78.7 cm³/mol. The van der Waals surface area contributed by atoms with Gasteiger partial charge in [0, 0.05) is 25.1 Å². The summed E-state index contributed by atoms with van der Waals surface area (Å²) < 4.78 is 10.8. The highest BCUT2D eigenvalue weighted by Gasteiger charge is 2.44. The van der Waals surface area contributed by atoms with Crippen molar-refractivity contribution in [3.63, 3.8) is 0 Å². The summed E-state index contributed by atoms with van der Waals surface area (Å²) in [5, 5.41) is 3.38. The maximum Gasteiger partial charge on any atom is 0.331 e. The lowest BCUT2D eigenvalue weighted by atomic mass is 9.85. The highest BCUT2D eigenvalue weighted by molar-refractivity contribution is 5.84. The molecule has 1 aliphatic rings. The number of rotatable bonds is 5. The molecular weight excluding hydrogens is 254 g/mol. The molecule has 20 heavy (non-hydrogen) atoms. The van der Waals surface area contributed by atoms with Crippen molar-refractivity contribution in [2.24, 2.45) is 0 Å². The van der Waals surface area contributed by atoms with Crippen LogP contribution in [0.5, 0.6) is 0 Å². The first-order valence-corrected chi connectivity index (χ1v) is 7.23. The Balaban J connectivity index is 2.19. The quantitative estimate of drug-likeness (QED) is 0.841. The molecule has 0 bridgehead atoms. The zero-order valence-corrected chi connectivity index (χ0v) is 12.2. The van der Waals surface area contributed by atoms with Gasteiger partial charge in [0.15, 0.2) is 0 Å². The highest BCUT2D eigenvalue weighted by Crippen LogP contribution is 2.32. The molecule has 1 fully saturated rings. The van der Waals surface area contributed by atoms with Crippen LogP contribution in [0.4, 0.5) is 5.69 Å². The van der Waals surface area contributed by atoms with Crippen molar-refractivity contribution in [1.82, 2.24) is 0 Å². The van der Waals surface area contributed by atoms with Crippen molar-refractivity contribution in [3.05, 3.63) is 30.3 Å². The molecule has 0 spiro atoms. The number of nitrogens with one attached hydrogen (secondary N) is 1. The van der Waals surface area contributed by atoms with Gasteiger partial charge in [-0.2, -0.15) is 0 Å². The molecule has 1 aliphatic heterocycles. The molecule has 4 heteroatoms. The van der Waals surface area contributed by atoms with Gasteiger partial charge in [-0.1, -0.05) is 31.5 Å². The molecule has 0 aliphatic carbocycles. The van der Waals surface area contributed by atoms with Crippen LogP contribution in [0, 0.1) is 0 Å². The van der Waals surface area contributed by atoms with Crippen LogP contribution in [-0.4, -0.2) is 31.3 Å². The number of methoxy groups -OCH3 is 1. The van der Waals surface area contributed by atoms with E-state index in [4.69, 9.17) is 9.47 Å². The zero-order valence-electron chi connectivity index (χ0n) is 12.2. The van der Waals surface area contributed by atoms with E-state index in [9.17, 15) is 4.79 Å². The van der Waals surface area contributed by atoms with Crippen LogP contribution in [0.3, 0.4) is 0 Å². The van der Waals surface area contributed by atoms with Crippen molar-refractivity contribution in [3.8, 4) is 0 Å². The predicted octanol–water partition coefficient (Wildman–Crippen LogP) is 2.99. The fourth-order valence-corrected chi connectivity index (χ4v) is 2.80. The third kappa shape index (κ3) is 3.31. The highest BCUT2D eigenvalue weighted by atomic mass is 16.5. The van der Waals surface area contributed by atoms with Gasteiger partial charge in [-0.15, -0.1) is 0 Å². The third-order valence-electron chi connectivity index (χ3n) is 3.80. The Morgan fingerprint density at radius 1 is 1.45 bits per heavy atom. The topological polar surface area (TPSA) is 47.6 Å². The molecule has 0 amide bonds. The summed E-state index contributed by atoms with van der Waals surface area (Å²) >= 11 is 0. The number of esters is 1. The third-order valence-corrected chi connectivity index (χ3v) is 3.80. The Labute approximate surface area is 120 Å². The van der Waals surface area contributed by atoms with Gasteiger partial charge < -0.3 is 14.8 Å². The lowest BCUT2D eigenvalue weighted by Crippen LogP contribution is -2.53. The Morgan fingerprint density at radius 2 is 2.20 bits per heavy atom. The molecule has 2 rings (SSSR count). The van der Waals surface area contributed by atoms with E-state index in [-0.39, 0.29) is 12.1 Å². The van der Waals surface area contributed by atoms with E-state index in [1.165, 1.54) is 7.11 Å². The van der Waals surface area contributed by atoms with Gasteiger partial charge in [-0.05, 0) is 18.6 Å². The van der Waals surface area contributed by atoms with Gasteiger partial charge in [-0.25, -0.2) is 4.79 Å². The van der Waals surface area contributed by atoms with Crippen LogP contribution < -0.4 is 5.32 Å². The molecule has 4 nitrogen and oxygen atoms in total. The number of para-hydroxylation sites is 1. The summed E-state index contributed by atoms with van der Waals surface area (Å²) in [5.41, 5.74) is 0.267. The molecule has 0 saturated carbocycles. The van der Waals surface area contributed by atoms with Gasteiger partial charge >= 0.3 is 5.97 Å². The van der Waals surface area contributed by atoms with Crippen molar-refractivity contribution >= 4 is 11.7 Å². The average Bonchev–Trinajstić information content (AvgIpc) is 2.48. The number of anilines is 1. The van der Waals surface area contributed by atoms with Gasteiger partial charge in [0.2, 0.25) is 0 Å². The molecular formula is C16H23NO3. The summed E-state index contributed by atoms with van der Waals surface area (Å²) in [6.07, 6.45) is 3.42. The van der Waals surface area contributed by atoms with Crippen LogP contribution in [0.25, 0.3) is 0 Å². The first-order valence-electron chi connectivity index (χ1n) is 7.23. The maximum atomic E-state index is 12.3. The SMILES string of the molecule is CCCC1CC(Nc2ccccc2)(C(=O)OC)CCO1. The molecule has 1 aromatic rings. The van der Waals surface area contributed by atoms with Crippen LogP contribution in [0.2, 0.25) is 0 Å². The normalized spacial score (nSPS) is 26.0. The Hall–Kier alpha value is -1.55. The molecule has 110 valence electrons. The Bertz CT molecular complexity index is 433. The van der Waals surface area contributed by atoms with E-state index in [2.05, 4.69) is 12.2 Å². The molecule has 1 aromatic carbocycles. The van der Waals surface area contributed by atoms with E-state index >= 15 is 0 Å². The van der Waals surface area contributed by atoms with E-state index in [0.29, 0.717) is 19.4 Å². The number of carbonyl (C=O) groups excluding carboxylic acids is 1. The Kier molecular flexibility index (Phi) is 5.01. The number of ether oxygens (including phenoxy) is 2. The van der Waals surface area contributed by atoms with Gasteiger partial charge in [0.1, 0.15) is 5.54 Å². The molecule has 2 atom stereocenters. The minimum Gasteiger partial charge on any atom is -0.467 e. The maximum absolute atomic E-state index is 12.3. The van der Waals surface area contributed by atoms with Crippen molar-refractivity contribution in [1.29, 1.82) is 0 Å². The fourth-order valence-electron chi connectivity index (χ4n) is 2.80. The van der Waals surface area contributed by atoms with Crippen LogP contribution in [-0.2, 0) is 14.3 Å². The summed E-state index contributed by atoms with van der Waals surface area (Å²) in [4.78, 5) is 12.3. The Morgan fingerprint density at radius 3 is 2.85 bits per heavy atom. The minimum atomic E-state index is -0.672. The van der Waals surface area contributed by atoms with Crippen LogP contribution >= 0.6 is 0 Å². The van der Waals surface area contributed by atoms with Crippen molar-refractivity contribution < 1.29 is 14.3 Å². The summed E-state index contributed by atoms with van der Waals surface area (Å²) in [7, 11) is 1.45. The summed E-state index contributed by atoms with van der Waals surface area (Å²) in [6, 6.07) is 9.80. The molecule has 1 saturated heterocycles. The lowest BCUT2D eigenvalue weighted by molar-refractivity contribution is -0.151. The molecule has 1 N–H and O–H groups in total. The zero-order chi connectivity index (χ0) is 14.4. The average molecular weight is 277 g/mol. The lowest BCUT2D eigenvalue weighted by Gasteiger charge is -2.39. The van der Waals surface area contributed by atoms with Crippen molar-refractivity contribution in [2.75, 3.05) is 19.0 Å². The molecule has 0 aromatic heterocycles. The van der Waals surface area contributed by atoms with Crippen LogP contribution in [0.15, 0.2) is 30.3 Å². The second kappa shape index (κ2) is 6.75. The second-order valence-corrected chi connectivity index (χ2v) is 5.30. The summed E-state index contributed by atoms with van der Waals surface area (Å²) in [6.45, 7) is 2.71. The van der Waals surface area contributed by atoms with Gasteiger partial charge in [-0.3, -0.25) is 0 Å². The largest absolute Gasteiger partial charge is 0.467 e. The van der Waals surface area contributed by atoms with Crippen molar-refractivity contribution in [2.45, 2.75) is 44.2 Å². The fraction of sp³-hybridized carbons (Fsp3) is 0.562. The first-order chi connectivity index (χ1) is 9.70. The monoisotopic (exact) mass is 277 g/mol. The van der Waals surface area contributed by atoms with E-state index in [1.54, 1.807) is 0 Å². The summed E-state index contributed by atoms with van der Waals surface area (Å²) in [5.74, 6) is -0.203. The molecule has 2 unspecified atom stereocenters. The molecule has 1 heterocycles. The second-order valence-electron chi connectivity index (χ2n) is 5.30. The van der Waals surface area contributed by atoms with E-state index in [1.807, 2.05) is 30.3 Å². The molecule has 0 radical (unpaired) electrons. The number of benzene rings is 1. The smallest absolute Gasteiger partial charge is 0.331 e. The van der Waals surface area contributed by atoms with Gasteiger partial charge in [0.05, 0.1) is 13.2 Å². The number of hydrogen-bond acceptors (Lipinski definition) is 4. The standard InChI is InChI=1S/C16H23NO3/c1-3-7-14-12-16(10-11-20-14,15(18)19-2)17-13-8-5-4-6-9-13/h4-6,8-9,14,17H,3,7,10-12H2,1-2H3. The number of hydrogen-bond donors (Lipinski definition) is 1.